The van der Waals surface area contributed by atoms with Gasteiger partial charge in [-0.25, -0.2) is 4.79 Å². The van der Waals surface area contributed by atoms with Crippen molar-refractivity contribution in [3.05, 3.63) is 88.9 Å². The van der Waals surface area contributed by atoms with Crippen LogP contribution in [0.1, 0.15) is 24.5 Å². The quantitative estimate of drug-likeness (QED) is 0.109. The number of amides is 2. The minimum Gasteiger partial charge on any atom is -0.508 e. The van der Waals surface area contributed by atoms with E-state index in [9.17, 15) is 14.7 Å². The molecule has 0 saturated heterocycles. The number of benzene rings is 3. The molecule has 0 aromatic heterocycles. The largest absolute Gasteiger partial charge is 0.508 e. The van der Waals surface area contributed by atoms with Gasteiger partial charge in [0.05, 0.1) is 17.5 Å². The maximum atomic E-state index is 12.8. The van der Waals surface area contributed by atoms with Crippen molar-refractivity contribution in [1.82, 2.24) is 0 Å². The number of allylic oxidation sites excluding steroid dienone is 1. The molecule has 0 saturated carbocycles. The average molecular weight is 601 g/mol. The molecule has 0 fully saturated rings. The highest BCUT2D eigenvalue weighted by atomic mass is 79.9. The van der Waals surface area contributed by atoms with Gasteiger partial charge in [0.15, 0.2) is 6.10 Å². The summed E-state index contributed by atoms with van der Waals surface area (Å²) in [5.74, 6) is -0.353. The first-order valence-corrected chi connectivity index (χ1v) is 13.8. The van der Waals surface area contributed by atoms with Crippen LogP contribution >= 0.6 is 27.7 Å². The zero-order valence-electron chi connectivity index (χ0n) is 21.0. The van der Waals surface area contributed by atoms with E-state index in [1.165, 1.54) is 19.3 Å². The molecule has 0 aliphatic rings. The number of nitrogens with one attached hydrogen (secondary N) is 2. The monoisotopic (exact) mass is 599 g/mol. The van der Waals surface area contributed by atoms with Crippen LogP contribution in [-0.2, 0) is 14.3 Å². The van der Waals surface area contributed by atoms with E-state index >= 15 is 0 Å². The number of aromatic hydroxyl groups is 1. The van der Waals surface area contributed by atoms with Gasteiger partial charge in [0.1, 0.15) is 5.75 Å². The zero-order chi connectivity index (χ0) is 27.5. The number of phenols is 1. The summed E-state index contributed by atoms with van der Waals surface area (Å²) in [6.45, 7) is 0. The lowest BCUT2D eigenvalue weighted by molar-refractivity contribution is -0.111. The molecule has 0 heterocycles. The molecule has 3 aromatic rings. The third-order valence-electron chi connectivity index (χ3n) is 5.61. The number of nitrogen functional groups attached to an aromatic ring is 1. The summed E-state index contributed by atoms with van der Waals surface area (Å²) < 4.78 is 12.2. The number of para-hydroxylation sites is 2. The fourth-order valence-electron chi connectivity index (χ4n) is 3.66. The molecule has 0 bridgehead atoms. The number of hydrogen-bond acceptors (Lipinski definition) is 7. The molecule has 3 aromatic carbocycles. The molecule has 0 spiro atoms. The number of phenolic OH excluding ortho intramolecular Hbond substituents is 1. The molecule has 200 valence electrons. The number of hydrogen-bond donors (Lipinski definition) is 4. The molecule has 10 heteroatoms. The lowest BCUT2D eigenvalue weighted by Crippen LogP contribution is -2.28. The van der Waals surface area contributed by atoms with Crippen LogP contribution < -0.4 is 16.4 Å². The molecular weight excluding hydrogens is 570 g/mol. The van der Waals surface area contributed by atoms with Gasteiger partial charge < -0.3 is 25.6 Å². The number of methoxy groups -OCH3 is 1. The van der Waals surface area contributed by atoms with Crippen molar-refractivity contribution in [3.63, 3.8) is 0 Å². The van der Waals surface area contributed by atoms with Crippen molar-refractivity contribution < 1.29 is 24.2 Å². The summed E-state index contributed by atoms with van der Waals surface area (Å²) in [5, 5.41) is 16.0. The number of halogens is 1. The van der Waals surface area contributed by atoms with Crippen LogP contribution in [0.15, 0.2) is 88.3 Å². The number of rotatable bonds is 11. The molecular formula is C28H30BrN3O5S. The van der Waals surface area contributed by atoms with Crippen molar-refractivity contribution in [2.45, 2.75) is 29.9 Å². The third kappa shape index (κ3) is 8.54. The summed E-state index contributed by atoms with van der Waals surface area (Å²) in [6, 6.07) is 19.2. The van der Waals surface area contributed by atoms with Crippen LogP contribution in [0.5, 0.6) is 5.75 Å². The molecule has 2 atom stereocenters. The van der Waals surface area contributed by atoms with E-state index in [4.69, 9.17) is 15.2 Å². The van der Waals surface area contributed by atoms with Crippen LogP contribution in [0.4, 0.5) is 21.9 Å². The van der Waals surface area contributed by atoms with Gasteiger partial charge >= 0.3 is 6.09 Å². The smallest absolute Gasteiger partial charge is 0.412 e. The lowest BCUT2D eigenvalue weighted by Gasteiger charge is -2.27. The Balaban J connectivity index is 1.69. The van der Waals surface area contributed by atoms with E-state index in [1.807, 2.05) is 18.4 Å². The van der Waals surface area contributed by atoms with Crippen molar-refractivity contribution in [2.24, 2.45) is 0 Å². The van der Waals surface area contributed by atoms with E-state index in [-0.39, 0.29) is 11.7 Å². The van der Waals surface area contributed by atoms with Crippen molar-refractivity contribution >= 4 is 56.8 Å². The van der Waals surface area contributed by atoms with Gasteiger partial charge in [-0.1, -0.05) is 34.1 Å². The highest BCUT2D eigenvalue weighted by Gasteiger charge is 2.29. The Morgan fingerprint density at radius 3 is 2.53 bits per heavy atom. The summed E-state index contributed by atoms with van der Waals surface area (Å²) in [5.41, 5.74) is 7.84. The Morgan fingerprint density at radius 2 is 1.84 bits per heavy atom. The molecule has 0 aliphatic heterocycles. The molecule has 8 nitrogen and oxygen atoms in total. The Hall–Kier alpha value is -3.47. The normalized spacial score (nSPS) is 12.6. The summed E-state index contributed by atoms with van der Waals surface area (Å²) in [6.07, 6.45) is 3.71. The van der Waals surface area contributed by atoms with Crippen LogP contribution in [0, 0.1) is 0 Å². The Labute approximate surface area is 234 Å². The first kappa shape index (κ1) is 29.1. The van der Waals surface area contributed by atoms with Crippen molar-refractivity contribution in [1.29, 1.82) is 0 Å². The summed E-state index contributed by atoms with van der Waals surface area (Å²) in [4.78, 5) is 26.2. The van der Waals surface area contributed by atoms with Crippen LogP contribution in [-0.4, -0.2) is 36.6 Å². The topological polar surface area (TPSA) is 123 Å². The van der Waals surface area contributed by atoms with E-state index in [1.54, 1.807) is 66.4 Å². The highest BCUT2D eigenvalue weighted by Crippen LogP contribution is 2.35. The Morgan fingerprint density at radius 1 is 1.11 bits per heavy atom. The average Bonchev–Trinajstić information content (AvgIpc) is 2.91. The number of carbonyl (C=O) groups excluding carboxylic acids is 2. The first-order chi connectivity index (χ1) is 18.3. The predicted octanol–water partition coefficient (Wildman–Crippen LogP) is 6.74. The molecule has 0 unspecified atom stereocenters. The van der Waals surface area contributed by atoms with Gasteiger partial charge in [-0.3, -0.25) is 10.1 Å². The molecule has 38 heavy (non-hydrogen) atoms. The highest BCUT2D eigenvalue weighted by molar-refractivity contribution is 9.10. The molecule has 2 amide bonds. The second kappa shape index (κ2) is 14.5. The van der Waals surface area contributed by atoms with Gasteiger partial charge in [-0.15, -0.1) is 11.8 Å². The first-order valence-electron chi connectivity index (χ1n) is 11.8. The third-order valence-corrected chi connectivity index (χ3v) is 6.85. The molecule has 0 radical (unpaired) electrons. The standard InChI is InChI=1S/C28H30BrN3O5S/c1-36-25(9-5-6-10-26(34)32-23-8-4-3-7-22(23)30)27(21-17-18(29)11-16-24(21)33)37-28(35)31-19-12-14-20(38-2)15-13-19/h3-4,6-8,10-17,25,27,33H,5,9,30H2,1-2H3,(H,31,35)(H,32,34)/b10-6+/t25-,27-/m1/s1. The number of carbonyl (C=O) groups is 2. The Bertz CT molecular complexity index is 1270. The lowest BCUT2D eigenvalue weighted by atomic mass is 9.99. The fourth-order valence-corrected chi connectivity index (χ4v) is 4.45. The van der Waals surface area contributed by atoms with E-state index in [2.05, 4.69) is 26.6 Å². The second-order valence-corrected chi connectivity index (χ2v) is 10.0. The molecule has 3 rings (SSSR count). The van der Waals surface area contributed by atoms with Gasteiger partial charge in [0.2, 0.25) is 5.91 Å². The van der Waals surface area contributed by atoms with Crippen molar-refractivity contribution in [2.75, 3.05) is 29.7 Å². The second-order valence-electron chi connectivity index (χ2n) is 8.21. The van der Waals surface area contributed by atoms with E-state index in [0.29, 0.717) is 39.9 Å². The van der Waals surface area contributed by atoms with Gasteiger partial charge in [-0.2, -0.15) is 0 Å². The van der Waals surface area contributed by atoms with Crippen molar-refractivity contribution in [3.8, 4) is 5.75 Å². The van der Waals surface area contributed by atoms with Gasteiger partial charge in [-0.05, 0) is 79.8 Å². The zero-order valence-corrected chi connectivity index (χ0v) is 23.4. The van der Waals surface area contributed by atoms with Crippen LogP contribution in [0.2, 0.25) is 0 Å². The minimum atomic E-state index is -0.922. The Kier molecular flexibility index (Phi) is 11.1. The predicted molar refractivity (Wildman–Crippen MR) is 156 cm³/mol. The summed E-state index contributed by atoms with van der Waals surface area (Å²) in [7, 11) is 1.50. The van der Waals surface area contributed by atoms with Gasteiger partial charge in [0.25, 0.3) is 0 Å². The molecule has 0 aliphatic carbocycles. The number of anilines is 3. The van der Waals surface area contributed by atoms with Crippen LogP contribution in [0.25, 0.3) is 0 Å². The maximum absolute atomic E-state index is 12.8. The minimum absolute atomic E-state index is 0.0345. The number of nitrogens with two attached hydrogens (primary N) is 1. The fraction of sp³-hybridized carbons (Fsp3) is 0.214. The maximum Gasteiger partial charge on any atom is 0.412 e. The SMILES string of the molecule is CO[C@H](CC/C=C/C(=O)Nc1ccccc1N)[C@H](OC(=O)Nc1ccc(SC)cc1)c1cc(Br)ccc1O. The summed E-state index contributed by atoms with van der Waals surface area (Å²) >= 11 is 5.00. The van der Waals surface area contributed by atoms with E-state index < -0.39 is 18.3 Å². The number of thioether (sulfide) groups is 1. The van der Waals surface area contributed by atoms with Crippen LogP contribution in [0.3, 0.4) is 0 Å². The molecule has 5 N–H and O–H groups in total. The number of ether oxygens (including phenoxy) is 2. The van der Waals surface area contributed by atoms with Gasteiger partial charge in [0, 0.05) is 27.7 Å². The van der Waals surface area contributed by atoms with E-state index in [0.717, 1.165) is 4.90 Å².